The highest BCUT2D eigenvalue weighted by molar-refractivity contribution is 7.92. The van der Waals surface area contributed by atoms with E-state index in [1.807, 2.05) is 30.5 Å². The molecule has 0 amide bonds. The molecule has 142 valence electrons. The van der Waals surface area contributed by atoms with Crippen LogP contribution in [0, 0.1) is 0 Å². The Morgan fingerprint density at radius 1 is 1.04 bits per heavy atom. The molecule has 9 heteroatoms. The largest absolute Gasteiger partial charge is 0.439 e. The van der Waals surface area contributed by atoms with Crippen molar-refractivity contribution in [2.45, 2.75) is 0 Å². The highest BCUT2D eigenvalue weighted by Gasteiger charge is 2.06. The Morgan fingerprint density at radius 2 is 1.89 bits per heavy atom. The molecule has 0 aliphatic carbocycles. The van der Waals surface area contributed by atoms with Gasteiger partial charge in [0.05, 0.1) is 11.9 Å². The van der Waals surface area contributed by atoms with Gasteiger partial charge in [0.15, 0.2) is 0 Å². The average molecular weight is 395 g/mol. The molecule has 0 radical (unpaired) electrons. The number of H-pyrrole nitrogens is 1. The van der Waals surface area contributed by atoms with Crippen molar-refractivity contribution in [3.63, 3.8) is 0 Å². The Morgan fingerprint density at radius 3 is 2.75 bits per heavy atom. The number of rotatable bonds is 6. The number of hydrogen-bond acceptors (Lipinski definition) is 6. The molecule has 2 aromatic heterocycles. The van der Waals surface area contributed by atoms with E-state index < -0.39 is 10.0 Å². The van der Waals surface area contributed by atoms with Crippen LogP contribution in [-0.2, 0) is 10.0 Å². The van der Waals surface area contributed by atoms with Crippen LogP contribution in [0.5, 0.6) is 11.6 Å². The van der Waals surface area contributed by atoms with E-state index in [1.54, 1.807) is 36.5 Å². The summed E-state index contributed by atoms with van der Waals surface area (Å²) in [7, 11) is -3.35. The van der Waals surface area contributed by atoms with Gasteiger partial charge in [0.25, 0.3) is 0 Å². The zero-order chi connectivity index (χ0) is 19.6. The summed E-state index contributed by atoms with van der Waals surface area (Å²) in [6.45, 7) is 0. The lowest BCUT2D eigenvalue weighted by molar-refractivity contribution is 0.463. The van der Waals surface area contributed by atoms with Crippen LogP contribution in [0.3, 0.4) is 0 Å². The van der Waals surface area contributed by atoms with Crippen LogP contribution in [0.15, 0.2) is 67.0 Å². The molecule has 0 unspecified atom stereocenters. The first kappa shape index (κ1) is 17.8. The Kier molecular flexibility index (Phi) is 4.58. The van der Waals surface area contributed by atoms with Crippen molar-refractivity contribution in [1.82, 2.24) is 15.0 Å². The zero-order valence-corrected chi connectivity index (χ0v) is 15.7. The lowest BCUT2D eigenvalue weighted by Crippen LogP contribution is -2.09. The maximum absolute atomic E-state index is 11.4. The number of benzene rings is 2. The van der Waals surface area contributed by atoms with E-state index in [1.165, 1.54) is 0 Å². The van der Waals surface area contributed by atoms with E-state index in [9.17, 15) is 8.42 Å². The molecule has 0 aliphatic heterocycles. The van der Waals surface area contributed by atoms with E-state index >= 15 is 0 Å². The number of hydrogen-bond donors (Lipinski definition) is 3. The van der Waals surface area contributed by atoms with Gasteiger partial charge in [0.1, 0.15) is 5.75 Å². The summed E-state index contributed by atoms with van der Waals surface area (Å²) in [6, 6.07) is 16.1. The van der Waals surface area contributed by atoms with E-state index in [4.69, 9.17) is 4.74 Å². The predicted octanol–water partition coefficient (Wildman–Crippen LogP) is 3.87. The summed E-state index contributed by atoms with van der Waals surface area (Å²) in [4.78, 5) is 11.7. The number of anilines is 3. The topological polar surface area (TPSA) is 109 Å². The summed E-state index contributed by atoms with van der Waals surface area (Å²) in [5, 5.41) is 4.08. The zero-order valence-electron chi connectivity index (χ0n) is 14.9. The molecule has 0 fully saturated rings. The smallest absolute Gasteiger partial charge is 0.230 e. The van der Waals surface area contributed by atoms with Gasteiger partial charge in [-0.15, -0.1) is 0 Å². The standard InChI is InChI=1S/C19H17N5O3S/c1-28(25,26)24-15-4-2-3-14(12-15)22-19-21-10-8-18(23-19)27-16-5-6-17-13(11-16)7-9-20-17/h2-12,20,24H,1H3,(H,21,22,23). The number of nitrogens with zero attached hydrogens (tertiary/aromatic N) is 2. The van der Waals surface area contributed by atoms with Gasteiger partial charge in [-0.2, -0.15) is 4.98 Å². The molecular formula is C19H17N5O3S. The number of aromatic amines is 1. The highest BCUT2D eigenvalue weighted by atomic mass is 32.2. The molecule has 3 N–H and O–H groups in total. The van der Waals surface area contributed by atoms with E-state index in [0.29, 0.717) is 29.0 Å². The van der Waals surface area contributed by atoms with Crippen molar-refractivity contribution in [1.29, 1.82) is 0 Å². The Balaban J connectivity index is 1.51. The van der Waals surface area contributed by atoms with Crippen LogP contribution < -0.4 is 14.8 Å². The van der Waals surface area contributed by atoms with E-state index in [2.05, 4.69) is 25.0 Å². The molecule has 2 aromatic carbocycles. The lowest BCUT2D eigenvalue weighted by atomic mass is 10.2. The van der Waals surface area contributed by atoms with Crippen LogP contribution in [0.4, 0.5) is 17.3 Å². The third-order valence-corrected chi connectivity index (χ3v) is 4.41. The van der Waals surface area contributed by atoms with Gasteiger partial charge in [0.2, 0.25) is 21.9 Å². The third-order valence-electron chi connectivity index (χ3n) is 3.80. The maximum Gasteiger partial charge on any atom is 0.230 e. The summed E-state index contributed by atoms with van der Waals surface area (Å²) < 4.78 is 31.0. The molecule has 0 bridgehead atoms. The van der Waals surface area contributed by atoms with Crippen molar-refractivity contribution < 1.29 is 13.2 Å². The fourth-order valence-corrected chi connectivity index (χ4v) is 3.23. The minimum Gasteiger partial charge on any atom is -0.439 e. The van der Waals surface area contributed by atoms with E-state index in [-0.39, 0.29) is 0 Å². The van der Waals surface area contributed by atoms with Gasteiger partial charge >= 0.3 is 0 Å². The SMILES string of the molecule is CS(=O)(=O)Nc1cccc(Nc2nccc(Oc3ccc4[nH]ccc4c3)n2)c1. The average Bonchev–Trinajstić information content (AvgIpc) is 3.09. The van der Waals surface area contributed by atoms with Gasteiger partial charge in [0, 0.05) is 35.1 Å². The van der Waals surface area contributed by atoms with Crippen molar-refractivity contribution in [3.8, 4) is 11.6 Å². The first-order valence-electron chi connectivity index (χ1n) is 8.38. The fourth-order valence-electron chi connectivity index (χ4n) is 2.68. The second-order valence-corrected chi connectivity index (χ2v) is 7.88. The molecule has 0 aliphatic rings. The molecular weight excluding hydrogens is 378 g/mol. The van der Waals surface area contributed by atoms with E-state index in [0.717, 1.165) is 17.2 Å². The highest BCUT2D eigenvalue weighted by Crippen LogP contribution is 2.25. The van der Waals surface area contributed by atoms with Gasteiger partial charge in [-0.25, -0.2) is 13.4 Å². The molecule has 0 saturated carbocycles. The normalized spacial score (nSPS) is 11.3. The van der Waals surface area contributed by atoms with Gasteiger partial charge in [-0.05, 0) is 42.5 Å². The first-order valence-corrected chi connectivity index (χ1v) is 10.3. The quantitative estimate of drug-likeness (QED) is 0.457. The van der Waals surface area contributed by atoms with Crippen LogP contribution in [0.25, 0.3) is 10.9 Å². The number of sulfonamides is 1. The van der Waals surface area contributed by atoms with Gasteiger partial charge in [-0.1, -0.05) is 6.07 Å². The Bertz CT molecular complexity index is 1240. The monoisotopic (exact) mass is 395 g/mol. The molecule has 8 nitrogen and oxygen atoms in total. The lowest BCUT2D eigenvalue weighted by Gasteiger charge is -2.09. The minimum absolute atomic E-state index is 0.330. The molecule has 0 spiro atoms. The molecule has 4 aromatic rings. The molecule has 4 rings (SSSR count). The van der Waals surface area contributed by atoms with Gasteiger partial charge < -0.3 is 15.0 Å². The molecule has 0 atom stereocenters. The number of ether oxygens (including phenoxy) is 1. The summed E-state index contributed by atoms with van der Waals surface area (Å²) in [5.74, 6) is 1.38. The predicted molar refractivity (Wildman–Crippen MR) is 109 cm³/mol. The second-order valence-electron chi connectivity index (χ2n) is 6.13. The third kappa shape index (κ3) is 4.38. The van der Waals surface area contributed by atoms with Crippen LogP contribution in [0.2, 0.25) is 0 Å². The summed E-state index contributed by atoms with van der Waals surface area (Å²) in [5.41, 5.74) is 2.11. The van der Waals surface area contributed by atoms with Crippen LogP contribution in [0.1, 0.15) is 0 Å². The maximum atomic E-state index is 11.4. The van der Waals surface area contributed by atoms with Crippen LogP contribution >= 0.6 is 0 Å². The molecule has 0 saturated heterocycles. The fraction of sp³-hybridized carbons (Fsp3) is 0.0526. The number of fused-ring (bicyclic) bond motifs is 1. The number of nitrogens with one attached hydrogen (secondary N) is 3. The molecule has 28 heavy (non-hydrogen) atoms. The number of aromatic nitrogens is 3. The summed E-state index contributed by atoms with van der Waals surface area (Å²) in [6.07, 6.45) is 4.55. The summed E-state index contributed by atoms with van der Waals surface area (Å²) >= 11 is 0. The Labute approximate surface area is 161 Å². The Hall–Kier alpha value is -3.59. The van der Waals surface area contributed by atoms with Crippen molar-refractivity contribution >= 4 is 38.2 Å². The van der Waals surface area contributed by atoms with Crippen molar-refractivity contribution in [2.75, 3.05) is 16.3 Å². The van der Waals surface area contributed by atoms with Crippen molar-refractivity contribution in [2.24, 2.45) is 0 Å². The van der Waals surface area contributed by atoms with Crippen LogP contribution in [-0.4, -0.2) is 29.6 Å². The van der Waals surface area contributed by atoms with Crippen molar-refractivity contribution in [3.05, 3.63) is 67.0 Å². The van der Waals surface area contributed by atoms with Gasteiger partial charge in [-0.3, -0.25) is 4.72 Å². The second kappa shape index (κ2) is 7.20. The minimum atomic E-state index is -3.35. The molecule has 2 heterocycles. The first-order chi connectivity index (χ1) is 13.4.